The van der Waals surface area contributed by atoms with Crippen molar-refractivity contribution in [1.29, 1.82) is 0 Å². The van der Waals surface area contributed by atoms with Crippen molar-refractivity contribution in [3.63, 3.8) is 0 Å². The predicted molar refractivity (Wildman–Crippen MR) is 87.0 cm³/mol. The summed E-state index contributed by atoms with van der Waals surface area (Å²) in [6, 6.07) is 0. The van der Waals surface area contributed by atoms with Crippen LogP contribution in [-0.2, 0) is 0 Å². The fraction of sp³-hybridized carbons (Fsp3) is 0.947. The van der Waals surface area contributed by atoms with Gasteiger partial charge in [-0.3, -0.25) is 0 Å². The van der Waals surface area contributed by atoms with Gasteiger partial charge in [0.15, 0.2) is 0 Å². The molecular weight excluding hydrogens is 274 g/mol. The highest BCUT2D eigenvalue weighted by Gasteiger charge is 2.59. The summed E-state index contributed by atoms with van der Waals surface area (Å²) in [7, 11) is 0. The quantitative estimate of drug-likeness (QED) is 0.520. The summed E-state index contributed by atoms with van der Waals surface area (Å²) in [5.74, 6) is 3.10. The Balaban J connectivity index is 1.63. The van der Waals surface area contributed by atoms with Gasteiger partial charge in [-0.2, -0.15) is 0 Å². The lowest BCUT2D eigenvalue weighted by atomic mass is 9.45. The molecule has 0 aromatic heterocycles. The molecule has 0 aliphatic heterocycles. The lowest BCUT2D eigenvalue weighted by molar-refractivity contribution is -0.114. The topological polar surface area (TPSA) is 52.8 Å². The molecule has 0 bridgehead atoms. The molecule has 0 radical (unpaired) electrons. The molecule has 22 heavy (non-hydrogen) atoms. The molecule has 0 amide bonds. The molecule has 4 fully saturated rings. The average Bonchev–Trinajstić information content (AvgIpc) is 2.84. The second-order valence-electron chi connectivity index (χ2n) is 9.13. The van der Waals surface area contributed by atoms with Gasteiger partial charge in [-0.15, -0.1) is 0 Å². The van der Waals surface area contributed by atoms with Crippen LogP contribution in [-0.4, -0.2) is 22.1 Å². The smallest absolute Gasteiger partial charge is 0.0632 e. The SMILES string of the molecule is C[C@]12CC[C@H](O)C[C@@H]1CC[C@H]1[C@H]2CC[C@]2(C)/C(=N/O)CC[C@H]12. The van der Waals surface area contributed by atoms with Crippen LogP contribution in [0.3, 0.4) is 0 Å². The molecule has 0 heterocycles. The maximum absolute atomic E-state index is 10.1. The second-order valence-corrected chi connectivity index (χ2v) is 9.13. The Bertz CT molecular complexity index is 490. The number of aliphatic hydroxyl groups is 1. The van der Waals surface area contributed by atoms with E-state index in [1.807, 2.05) is 0 Å². The second kappa shape index (κ2) is 4.96. The summed E-state index contributed by atoms with van der Waals surface area (Å²) in [6.45, 7) is 4.88. The first kappa shape index (κ1) is 15.0. The first-order chi connectivity index (χ1) is 10.5. The Morgan fingerprint density at radius 2 is 1.82 bits per heavy atom. The van der Waals surface area contributed by atoms with Crippen molar-refractivity contribution in [3.05, 3.63) is 0 Å². The number of hydrogen-bond donors (Lipinski definition) is 2. The normalized spacial score (nSPS) is 56.3. The third kappa shape index (κ3) is 1.87. The van der Waals surface area contributed by atoms with Crippen LogP contribution in [0.25, 0.3) is 0 Å². The van der Waals surface area contributed by atoms with Crippen LogP contribution >= 0.6 is 0 Å². The molecule has 4 rings (SSSR count). The summed E-state index contributed by atoms with van der Waals surface area (Å²) in [4.78, 5) is 0. The van der Waals surface area contributed by atoms with E-state index in [4.69, 9.17) is 0 Å². The third-order valence-electron chi connectivity index (χ3n) is 8.50. The van der Waals surface area contributed by atoms with Crippen molar-refractivity contribution in [2.24, 2.45) is 39.7 Å². The summed E-state index contributed by atoms with van der Waals surface area (Å²) in [6.07, 6.45) is 10.5. The number of rotatable bonds is 0. The van der Waals surface area contributed by atoms with Gasteiger partial charge in [-0.25, -0.2) is 0 Å². The molecule has 0 unspecified atom stereocenters. The van der Waals surface area contributed by atoms with Crippen molar-refractivity contribution in [3.8, 4) is 0 Å². The van der Waals surface area contributed by atoms with Gasteiger partial charge in [0.25, 0.3) is 0 Å². The van der Waals surface area contributed by atoms with Crippen molar-refractivity contribution >= 4 is 5.71 Å². The van der Waals surface area contributed by atoms with Crippen LogP contribution in [0, 0.1) is 34.5 Å². The largest absolute Gasteiger partial charge is 0.411 e. The monoisotopic (exact) mass is 305 g/mol. The minimum absolute atomic E-state index is 0.0527. The molecule has 4 aliphatic rings. The van der Waals surface area contributed by atoms with E-state index in [9.17, 15) is 10.3 Å². The molecule has 3 nitrogen and oxygen atoms in total. The van der Waals surface area contributed by atoms with Gasteiger partial charge in [0.1, 0.15) is 0 Å². The number of oxime groups is 1. The highest BCUT2D eigenvalue weighted by molar-refractivity contribution is 5.91. The van der Waals surface area contributed by atoms with Crippen molar-refractivity contribution in [2.45, 2.75) is 77.7 Å². The van der Waals surface area contributed by atoms with E-state index in [2.05, 4.69) is 19.0 Å². The molecule has 7 atom stereocenters. The zero-order chi connectivity index (χ0) is 15.5. The maximum Gasteiger partial charge on any atom is 0.0632 e. The Hall–Kier alpha value is -0.570. The van der Waals surface area contributed by atoms with Crippen LogP contribution in [0.4, 0.5) is 0 Å². The predicted octanol–water partition coefficient (Wildman–Crippen LogP) is 4.22. The van der Waals surface area contributed by atoms with Crippen LogP contribution in [0.2, 0.25) is 0 Å². The highest BCUT2D eigenvalue weighted by Crippen LogP contribution is 2.65. The molecule has 4 aliphatic carbocycles. The van der Waals surface area contributed by atoms with Crippen LogP contribution in [0.5, 0.6) is 0 Å². The lowest BCUT2D eigenvalue weighted by Crippen LogP contribution is -2.54. The maximum atomic E-state index is 10.1. The zero-order valence-electron chi connectivity index (χ0n) is 14.1. The van der Waals surface area contributed by atoms with Crippen molar-refractivity contribution in [1.82, 2.24) is 0 Å². The van der Waals surface area contributed by atoms with Crippen LogP contribution in [0.1, 0.15) is 71.6 Å². The summed E-state index contributed by atoms with van der Waals surface area (Å²) < 4.78 is 0. The Kier molecular flexibility index (Phi) is 3.38. The number of nitrogens with zero attached hydrogens (tertiary/aromatic N) is 1. The molecule has 3 heteroatoms. The molecule has 0 aromatic carbocycles. The average molecular weight is 305 g/mol. The lowest BCUT2D eigenvalue weighted by Gasteiger charge is -2.60. The molecule has 0 spiro atoms. The van der Waals surface area contributed by atoms with Gasteiger partial charge in [-0.1, -0.05) is 19.0 Å². The minimum Gasteiger partial charge on any atom is -0.411 e. The fourth-order valence-electron chi connectivity index (χ4n) is 7.19. The summed E-state index contributed by atoms with van der Waals surface area (Å²) in [5, 5.41) is 23.1. The van der Waals surface area contributed by atoms with Crippen molar-refractivity contribution < 1.29 is 10.3 Å². The third-order valence-corrected chi connectivity index (χ3v) is 8.50. The standard InChI is InChI=1S/C19H31NO2/c1-18-9-7-13(21)11-12(18)3-4-14-15-5-6-17(20-22)19(15,2)10-8-16(14)18/h12-16,21-22H,3-11H2,1-2H3/b20-17+/t12-,13-,14+,15+,16+,18-,19-/m0/s1. The molecule has 0 aromatic rings. The molecule has 0 saturated heterocycles. The van der Waals surface area contributed by atoms with Gasteiger partial charge in [-0.05, 0) is 86.9 Å². The van der Waals surface area contributed by atoms with E-state index in [0.29, 0.717) is 5.41 Å². The molecule has 4 saturated carbocycles. The number of fused-ring (bicyclic) bond motifs is 5. The Morgan fingerprint density at radius 3 is 2.59 bits per heavy atom. The van der Waals surface area contributed by atoms with Gasteiger partial charge in [0, 0.05) is 5.41 Å². The van der Waals surface area contributed by atoms with E-state index < -0.39 is 0 Å². The molecular formula is C19H31NO2. The summed E-state index contributed by atoms with van der Waals surface area (Å²) in [5.41, 5.74) is 1.68. The summed E-state index contributed by atoms with van der Waals surface area (Å²) >= 11 is 0. The van der Waals surface area contributed by atoms with Gasteiger partial charge in [0.05, 0.1) is 11.8 Å². The van der Waals surface area contributed by atoms with Crippen LogP contribution in [0.15, 0.2) is 5.16 Å². The van der Waals surface area contributed by atoms with E-state index in [0.717, 1.165) is 48.6 Å². The van der Waals surface area contributed by atoms with Gasteiger partial charge >= 0.3 is 0 Å². The minimum atomic E-state index is -0.0527. The van der Waals surface area contributed by atoms with E-state index in [1.54, 1.807) is 0 Å². The van der Waals surface area contributed by atoms with Crippen LogP contribution < -0.4 is 0 Å². The number of aliphatic hydroxyl groups excluding tert-OH is 1. The van der Waals surface area contributed by atoms with Gasteiger partial charge < -0.3 is 10.3 Å². The van der Waals surface area contributed by atoms with Crippen molar-refractivity contribution in [2.75, 3.05) is 0 Å². The van der Waals surface area contributed by atoms with Gasteiger partial charge in [0.2, 0.25) is 0 Å². The Labute approximate surface area is 134 Å². The van der Waals surface area contributed by atoms with E-state index in [1.165, 1.54) is 38.5 Å². The highest BCUT2D eigenvalue weighted by atomic mass is 16.4. The molecule has 124 valence electrons. The van der Waals surface area contributed by atoms with E-state index >= 15 is 0 Å². The Morgan fingerprint density at radius 1 is 1.00 bits per heavy atom. The first-order valence-electron chi connectivity index (χ1n) is 9.38. The fourth-order valence-corrected chi connectivity index (χ4v) is 7.19. The number of hydrogen-bond acceptors (Lipinski definition) is 3. The molecule has 2 N–H and O–H groups in total. The van der Waals surface area contributed by atoms with E-state index in [-0.39, 0.29) is 11.5 Å². The first-order valence-corrected chi connectivity index (χ1v) is 9.38. The zero-order valence-corrected chi connectivity index (χ0v) is 14.1.